The molecule has 6 nitrogen and oxygen atoms in total. The SMILES string of the molecule is COC(=O)CCN(C)S(=O)(=O)NC(C)c1ccccc1F. The van der Waals surface area contributed by atoms with Crippen molar-refractivity contribution in [1.29, 1.82) is 0 Å². The fourth-order valence-electron chi connectivity index (χ4n) is 1.67. The predicted octanol–water partition coefficient (Wildman–Crippen LogP) is 1.22. The number of ether oxygens (including phenoxy) is 1. The molecule has 1 N–H and O–H groups in total. The van der Waals surface area contributed by atoms with Crippen molar-refractivity contribution < 1.29 is 22.3 Å². The Bertz CT molecular complexity index is 592. The molecule has 1 atom stereocenters. The Balaban J connectivity index is 2.71. The fraction of sp³-hybridized carbons (Fsp3) is 0.462. The first-order chi connectivity index (χ1) is 9.77. The summed E-state index contributed by atoms with van der Waals surface area (Å²) in [7, 11) is -1.26. The van der Waals surface area contributed by atoms with Crippen LogP contribution in [-0.2, 0) is 19.7 Å². The highest BCUT2D eigenvalue weighted by Crippen LogP contribution is 2.17. The molecule has 118 valence electrons. The van der Waals surface area contributed by atoms with Gasteiger partial charge in [-0.25, -0.2) is 4.39 Å². The minimum absolute atomic E-state index is 0.0218. The summed E-state index contributed by atoms with van der Waals surface area (Å²) >= 11 is 0. The zero-order valence-corrected chi connectivity index (χ0v) is 13.0. The van der Waals surface area contributed by atoms with Gasteiger partial charge in [-0.15, -0.1) is 0 Å². The number of carbonyl (C=O) groups is 1. The van der Waals surface area contributed by atoms with Gasteiger partial charge in [-0.05, 0) is 13.0 Å². The monoisotopic (exact) mass is 318 g/mol. The van der Waals surface area contributed by atoms with Gasteiger partial charge in [0.1, 0.15) is 5.82 Å². The van der Waals surface area contributed by atoms with E-state index in [1.165, 1.54) is 32.4 Å². The Kier molecular flexibility index (Phi) is 6.25. The summed E-state index contributed by atoms with van der Waals surface area (Å²) in [5, 5.41) is 0. The van der Waals surface area contributed by atoms with Gasteiger partial charge >= 0.3 is 5.97 Å². The minimum atomic E-state index is -3.82. The van der Waals surface area contributed by atoms with Crippen molar-refractivity contribution in [3.8, 4) is 0 Å². The molecule has 0 heterocycles. The highest BCUT2D eigenvalue weighted by molar-refractivity contribution is 7.87. The predicted molar refractivity (Wildman–Crippen MR) is 76.1 cm³/mol. The Morgan fingerprint density at radius 2 is 2.05 bits per heavy atom. The number of nitrogens with zero attached hydrogens (tertiary/aromatic N) is 1. The molecule has 1 rings (SSSR count). The topological polar surface area (TPSA) is 75.7 Å². The number of esters is 1. The first-order valence-corrected chi connectivity index (χ1v) is 7.76. The van der Waals surface area contributed by atoms with Crippen molar-refractivity contribution in [2.75, 3.05) is 20.7 Å². The molecule has 0 bridgehead atoms. The van der Waals surface area contributed by atoms with Crippen LogP contribution in [0.15, 0.2) is 24.3 Å². The van der Waals surface area contributed by atoms with Crippen molar-refractivity contribution in [2.24, 2.45) is 0 Å². The molecule has 0 spiro atoms. The summed E-state index contributed by atoms with van der Waals surface area (Å²) in [6, 6.07) is 5.21. The van der Waals surface area contributed by atoms with E-state index in [1.807, 2.05) is 0 Å². The van der Waals surface area contributed by atoms with Crippen molar-refractivity contribution in [3.05, 3.63) is 35.6 Å². The number of halogens is 1. The van der Waals surface area contributed by atoms with E-state index in [-0.39, 0.29) is 18.5 Å². The van der Waals surface area contributed by atoms with Crippen molar-refractivity contribution in [3.63, 3.8) is 0 Å². The first-order valence-electron chi connectivity index (χ1n) is 6.32. The molecular weight excluding hydrogens is 299 g/mol. The third-order valence-electron chi connectivity index (χ3n) is 2.97. The highest BCUT2D eigenvalue weighted by atomic mass is 32.2. The van der Waals surface area contributed by atoms with Crippen LogP contribution in [0.3, 0.4) is 0 Å². The second kappa shape index (κ2) is 7.48. The quantitative estimate of drug-likeness (QED) is 0.767. The van der Waals surface area contributed by atoms with E-state index < -0.39 is 28.0 Å². The second-order valence-corrected chi connectivity index (χ2v) is 6.32. The van der Waals surface area contributed by atoms with Crippen LogP contribution in [0, 0.1) is 5.82 Å². The third-order valence-corrected chi connectivity index (χ3v) is 4.62. The van der Waals surface area contributed by atoms with E-state index in [1.54, 1.807) is 13.0 Å². The molecular formula is C13H19FN2O4S. The molecule has 0 aliphatic carbocycles. The van der Waals surface area contributed by atoms with E-state index in [4.69, 9.17) is 0 Å². The maximum absolute atomic E-state index is 13.6. The van der Waals surface area contributed by atoms with E-state index in [9.17, 15) is 17.6 Å². The average molecular weight is 318 g/mol. The summed E-state index contributed by atoms with van der Waals surface area (Å²) < 4.78 is 45.5. The van der Waals surface area contributed by atoms with Crippen LogP contribution in [0.5, 0.6) is 0 Å². The van der Waals surface area contributed by atoms with Gasteiger partial charge in [0.15, 0.2) is 0 Å². The second-order valence-electron chi connectivity index (χ2n) is 4.51. The van der Waals surface area contributed by atoms with E-state index >= 15 is 0 Å². The van der Waals surface area contributed by atoms with Gasteiger partial charge in [-0.1, -0.05) is 18.2 Å². The molecule has 1 aromatic rings. The molecule has 0 saturated carbocycles. The van der Waals surface area contributed by atoms with Crippen LogP contribution in [0.4, 0.5) is 4.39 Å². The van der Waals surface area contributed by atoms with Gasteiger partial charge in [-0.3, -0.25) is 4.79 Å². The van der Waals surface area contributed by atoms with Gasteiger partial charge in [0.2, 0.25) is 0 Å². The smallest absolute Gasteiger partial charge is 0.306 e. The molecule has 0 aromatic heterocycles. The van der Waals surface area contributed by atoms with Gasteiger partial charge in [0, 0.05) is 25.2 Å². The van der Waals surface area contributed by atoms with E-state index in [2.05, 4.69) is 9.46 Å². The van der Waals surface area contributed by atoms with Crippen LogP contribution in [-0.4, -0.2) is 39.4 Å². The van der Waals surface area contributed by atoms with Crippen molar-refractivity contribution >= 4 is 16.2 Å². The number of carbonyl (C=O) groups excluding carboxylic acids is 1. The van der Waals surface area contributed by atoms with E-state index in [0.29, 0.717) is 0 Å². The first kappa shape index (κ1) is 17.5. The summed E-state index contributed by atoms with van der Waals surface area (Å²) in [6.45, 7) is 1.52. The number of methoxy groups -OCH3 is 1. The van der Waals surface area contributed by atoms with Crippen molar-refractivity contribution in [1.82, 2.24) is 9.03 Å². The molecule has 0 fully saturated rings. The number of benzene rings is 1. The third kappa shape index (κ3) is 5.07. The van der Waals surface area contributed by atoms with Crippen LogP contribution < -0.4 is 4.72 Å². The molecule has 0 aliphatic rings. The fourth-order valence-corrected chi connectivity index (χ4v) is 2.76. The standard InChI is InChI=1S/C13H19FN2O4S/c1-10(11-6-4-5-7-12(11)14)15-21(18,19)16(2)9-8-13(17)20-3/h4-7,10,15H,8-9H2,1-3H3. The summed E-state index contributed by atoms with van der Waals surface area (Å²) in [4.78, 5) is 11.0. The molecule has 0 saturated heterocycles. The van der Waals surface area contributed by atoms with Crippen LogP contribution in [0.2, 0.25) is 0 Å². The summed E-state index contributed by atoms with van der Waals surface area (Å²) in [5.74, 6) is -0.982. The highest BCUT2D eigenvalue weighted by Gasteiger charge is 2.22. The maximum Gasteiger partial charge on any atom is 0.306 e. The van der Waals surface area contributed by atoms with E-state index in [0.717, 1.165) is 4.31 Å². The molecule has 0 aliphatic heterocycles. The molecule has 1 aromatic carbocycles. The zero-order valence-electron chi connectivity index (χ0n) is 12.2. The van der Waals surface area contributed by atoms with Crippen LogP contribution >= 0.6 is 0 Å². The molecule has 1 unspecified atom stereocenters. The number of rotatable bonds is 7. The number of hydrogen-bond donors (Lipinski definition) is 1. The van der Waals surface area contributed by atoms with Crippen LogP contribution in [0.1, 0.15) is 24.9 Å². The molecule has 8 heteroatoms. The zero-order chi connectivity index (χ0) is 16.0. The van der Waals surface area contributed by atoms with Gasteiger partial charge in [0.25, 0.3) is 10.2 Å². The Hall–Kier alpha value is -1.51. The normalized spacial score (nSPS) is 13.2. The summed E-state index contributed by atoms with van der Waals surface area (Å²) in [6.07, 6.45) is -0.0536. The Morgan fingerprint density at radius 1 is 1.43 bits per heavy atom. The van der Waals surface area contributed by atoms with Gasteiger partial charge in [0.05, 0.1) is 13.5 Å². The van der Waals surface area contributed by atoms with Gasteiger partial charge < -0.3 is 4.74 Å². The maximum atomic E-state index is 13.6. The van der Waals surface area contributed by atoms with Gasteiger partial charge in [-0.2, -0.15) is 17.4 Å². The lowest BCUT2D eigenvalue weighted by molar-refractivity contribution is -0.140. The molecule has 0 amide bonds. The molecule has 21 heavy (non-hydrogen) atoms. The lowest BCUT2D eigenvalue weighted by Crippen LogP contribution is -2.40. The summed E-state index contributed by atoms with van der Waals surface area (Å²) in [5.41, 5.74) is 0.252. The Labute approximate surface area is 124 Å². The average Bonchev–Trinajstić information content (AvgIpc) is 2.44. The minimum Gasteiger partial charge on any atom is -0.469 e. The lowest BCUT2D eigenvalue weighted by atomic mass is 10.1. The van der Waals surface area contributed by atoms with Crippen LogP contribution in [0.25, 0.3) is 0 Å². The lowest BCUT2D eigenvalue weighted by Gasteiger charge is -2.21. The Morgan fingerprint density at radius 3 is 2.62 bits per heavy atom. The largest absolute Gasteiger partial charge is 0.469 e. The number of nitrogens with one attached hydrogen (secondary N) is 1. The molecule has 0 radical (unpaired) electrons. The van der Waals surface area contributed by atoms with Crippen molar-refractivity contribution in [2.45, 2.75) is 19.4 Å². The number of hydrogen-bond acceptors (Lipinski definition) is 4.